The van der Waals surface area contributed by atoms with Crippen LogP contribution in [-0.2, 0) is 4.74 Å². The lowest BCUT2D eigenvalue weighted by Gasteiger charge is -2.55. The van der Waals surface area contributed by atoms with Crippen LogP contribution >= 0.6 is 11.3 Å². The minimum atomic E-state index is -0.477. The lowest BCUT2D eigenvalue weighted by atomic mass is 9.88. The monoisotopic (exact) mass is 438 g/mol. The molecule has 4 aliphatic rings. The minimum Gasteiger partial charge on any atom is -0.444 e. The zero-order chi connectivity index (χ0) is 21.3. The predicted octanol–water partition coefficient (Wildman–Crippen LogP) is 3.93. The number of thiazole rings is 1. The SMILES string of the molecule is CC(C)(C)OC(=O)N1C2CC1CN(c1nc3c(C4CC4)ccc(-c4nccs4)n3n1)C2. The van der Waals surface area contributed by atoms with E-state index in [9.17, 15) is 4.79 Å². The fourth-order valence-corrected chi connectivity index (χ4v) is 5.36. The average Bonchev–Trinajstić information content (AvgIpc) is 3.22. The zero-order valence-electron chi connectivity index (χ0n) is 18.0. The zero-order valence-corrected chi connectivity index (χ0v) is 18.8. The van der Waals surface area contributed by atoms with E-state index in [0.717, 1.165) is 41.8 Å². The first-order chi connectivity index (χ1) is 14.9. The van der Waals surface area contributed by atoms with Crippen LogP contribution in [0.4, 0.5) is 10.7 Å². The Morgan fingerprint density at radius 2 is 1.97 bits per heavy atom. The summed E-state index contributed by atoms with van der Waals surface area (Å²) in [5.74, 6) is 1.33. The maximum absolute atomic E-state index is 12.6. The van der Waals surface area contributed by atoms with E-state index in [0.29, 0.717) is 5.92 Å². The second-order valence-corrected chi connectivity index (χ2v) is 10.7. The van der Waals surface area contributed by atoms with Gasteiger partial charge in [-0.15, -0.1) is 16.4 Å². The summed E-state index contributed by atoms with van der Waals surface area (Å²) in [6.07, 6.45) is 5.06. The van der Waals surface area contributed by atoms with Gasteiger partial charge in [-0.05, 0) is 52.0 Å². The Morgan fingerprint density at radius 3 is 2.61 bits per heavy atom. The van der Waals surface area contributed by atoms with Gasteiger partial charge in [0.05, 0.1) is 12.1 Å². The molecule has 9 heteroatoms. The number of aromatic nitrogens is 4. The van der Waals surface area contributed by atoms with Crippen molar-refractivity contribution >= 4 is 29.0 Å². The molecule has 6 heterocycles. The normalized spacial score (nSPS) is 23.2. The van der Waals surface area contributed by atoms with E-state index in [1.54, 1.807) is 11.3 Å². The first-order valence-electron chi connectivity index (χ1n) is 10.9. The van der Waals surface area contributed by atoms with Gasteiger partial charge in [0.1, 0.15) is 16.3 Å². The number of nitrogens with zero attached hydrogens (tertiary/aromatic N) is 6. The van der Waals surface area contributed by atoms with E-state index in [4.69, 9.17) is 14.8 Å². The molecule has 7 rings (SSSR count). The predicted molar refractivity (Wildman–Crippen MR) is 119 cm³/mol. The molecule has 8 nitrogen and oxygen atoms in total. The largest absolute Gasteiger partial charge is 0.444 e. The number of piperidine rings is 1. The van der Waals surface area contributed by atoms with Crippen molar-refractivity contribution in [3.63, 3.8) is 0 Å². The number of pyridine rings is 1. The molecular formula is C22H26N6O2S. The molecule has 2 bridgehead atoms. The van der Waals surface area contributed by atoms with Crippen LogP contribution in [0.1, 0.15) is 51.5 Å². The van der Waals surface area contributed by atoms with Crippen molar-refractivity contribution in [2.75, 3.05) is 18.0 Å². The summed E-state index contributed by atoms with van der Waals surface area (Å²) >= 11 is 1.61. The van der Waals surface area contributed by atoms with E-state index >= 15 is 0 Å². The van der Waals surface area contributed by atoms with Crippen LogP contribution in [-0.4, -0.2) is 61.3 Å². The van der Waals surface area contributed by atoms with Crippen LogP contribution in [0.15, 0.2) is 23.7 Å². The summed E-state index contributed by atoms with van der Waals surface area (Å²) in [5.41, 5.74) is 2.71. The second kappa shape index (κ2) is 6.66. The van der Waals surface area contributed by atoms with E-state index in [1.807, 2.05) is 41.8 Å². The van der Waals surface area contributed by atoms with Crippen LogP contribution in [0, 0.1) is 0 Å². The Balaban J connectivity index is 1.30. The Kier molecular flexibility index (Phi) is 4.09. The number of carbonyl (C=O) groups excluding carboxylic acids is 1. The summed E-state index contributed by atoms with van der Waals surface area (Å²) in [7, 11) is 0. The topological polar surface area (TPSA) is 75.9 Å². The van der Waals surface area contributed by atoms with Crippen molar-refractivity contribution in [2.45, 2.75) is 63.6 Å². The van der Waals surface area contributed by atoms with Gasteiger partial charge >= 0.3 is 6.09 Å². The van der Waals surface area contributed by atoms with Gasteiger partial charge in [0.2, 0.25) is 5.95 Å². The lowest BCUT2D eigenvalue weighted by Crippen LogP contribution is -2.70. The molecule has 3 aromatic heterocycles. The number of hydrogen-bond acceptors (Lipinski definition) is 7. The molecule has 4 fully saturated rings. The van der Waals surface area contributed by atoms with E-state index in [1.165, 1.54) is 18.4 Å². The number of amides is 1. The molecule has 2 atom stereocenters. The summed E-state index contributed by atoms with van der Waals surface area (Å²) in [4.78, 5) is 26.2. The molecule has 0 radical (unpaired) electrons. The molecule has 0 spiro atoms. The molecule has 0 aromatic carbocycles. The third kappa shape index (κ3) is 3.26. The van der Waals surface area contributed by atoms with Crippen molar-refractivity contribution in [1.82, 2.24) is 24.5 Å². The third-order valence-electron chi connectivity index (χ3n) is 6.25. The number of piperazine rings is 1. The minimum absolute atomic E-state index is 0.154. The van der Waals surface area contributed by atoms with Gasteiger partial charge in [0.25, 0.3) is 0 Å². The third-order valence-corrected chi connectivity index (χ3v) is 7.05. The van der Waals surface area contributed by atoms with E-state index in [2.05, 4.69) is 22.0 Å². The molecular weight excluding hydrogens is 412 g/mol. The maximum atomic E-state index is 12.6. The van der Waals surface area contributed by atoms with Gasteiger partial charge in [0, 0.05) is 30.2 Å². The summed E-state index contributed by atoms with van der Waals surface area (Å²) in [6, 6.07) is 4.62. The first kappa shape index (κ1) is 19.0. The maximum Gasteiger partial charge on any atom is 0.410 e. The highest BCUT2D eigenvalue weighted by atomic mass is 32.1. The van der Waals surface area contributed by atoms with Crippen molar-refractivity contribution < 1.29 is 9.53 Å². The molecule has 3 aliphatic heterocycles. The fraction of sp³-hybridized carbons (Fsp3) is 0.545. The quantitative estimate of drug-likeness (QED) is 0.617. The molecule has 0 N–H and O–H groups in total. The molecule has 3 saturated heterocycles. The van der Waals surface area contributed by atoms with Crippen LogP contribution < -0.4 is 4.90 Å². The summed E-state index contributed by atoms with van der Waals surface area (Å²) < 4.78 is 7.57. The van der Waals surface area contributed by atoms with Crippen molar-refractivity contribution in [3.05, 3.63) is 29.3 Å². The molecule has 1 saturated carbocycles. The lowest BCUT2D eigenvalue weighted by molar-refractivity contribution is -0.0381. The Hall–Kier alpha value is -2.68. The number of carbonyl (C=O) groups is 1. The first-order valence-corrected chi connectivity index (χ1v) is 11.8. The van der Waals surface area contributed by atoms with Gasteiger partial charge < -0.3 is 9.64 Å². The fourth-order valence-electron chi connectivity index (χ4n) is 4.71. The Bertz CT molecular complexity index is 1130. The van der Waals surface area contributed by atoms with Gasteiger partial charge in [-0.3, -0.25) is 4.90 Å². The van der Waals surface area contributed by atoms with Crippen LogP contribution in [0.25, 0.3) is 16.3 Å². The molecule has 162 valence electrons. The van der Waals surface area contributed by atoms with E-state index < -0.39 is 5.60 Å². The Labute approximate surface area is 184 Å². The van der Waals surface area contributed by atoms with Gasteiger partial charge in [-0.2, -0.15) is 4.98 Å². The Morgan fingerprint density at radius 1 is 1.19 bits per heavy atom. The number of anilines is 1. The molecule has 2 unspecified atom stereocenters. The highest BCUT2D eigenvalue weighted by molar-refractivity contribution is 7.13. The summed E-state index contributed by atoms with van der Waals surface area (Å²) in [6.45, 7) is 7.19. The van der Waals surface area contributed by atoms with Gasteiger partial charge in [-0.1, -0.05) is 6.07 Å². The molecule has 31 heavy (non-hydrogen) atoms. The number of ether oxygens (including phenoxy) is 1. The van der Waals surface area contributed by atoms with Crippen LogP contribution in [0.5, 0.6) is 0 Å². The number of hydrogen-bond donors (Lipinski definition) is 0. The standard InChI is InChI=1S/C22H26N6O2S/c1-22(2,3)30-21(29)27-14-10-15(27)12-26(11-14)20-24-18-16(13-4-5-13)6-7-17(28(18)25-20)19-23-8-9-31-19/h6-9,13-15H,4-5,10-12H2,1-3H3. The van der Waals surface area contributed by atoms with Crippen LogP contribution in [0.2, 0.25) is 0 Å². The molecule has 3 aromatic rings. The number of rotatable bonds is 3. The highest BCUT2D eigenvalue weighted by Gasteiger charge is 2.49. The molecule has 1 amide bonds. The van der Waals surface area contributed by atoms with E-state index in [-0.39, 0.29) is 18.2 Å². The summed E-state index contributed by atoms with van der Waals surface area (Å²) in [5, 5.41) is 7.84. The smallest absolute Gasteiger partial charge is 0.410 e. The van der Waals surface area contributed by atoms with Crippen molar-refractivity contribution in [1.29, 1.82) is 0 Å². The van der Waals surface area contributed by atoms with Gasteiger partial charge in [0.15, 0.2) is 5.65 Å². The van der Waals surface area contributed by atoms with Crippen molar-refractivity contribution in [2.24, 2.45) is 0 Å². The second-order valence-electron chi connectivity index (χ2n) is 9.77. The van der Waals surface area contributed by atoms with Crippen LogP contribution in [0.3, 0.4) is 0 Å². The van der Waals surface area contributed by atoms with Gasteiger partial charge in [-0.25, -0.2) is 14.3 Å². The highest BCUT2D eigenvalue weighted by Crippen LogP contribution is 2.43. The number of fused-ring (bicyclic) bond motifs is 3. The average molecular weight is 439 g/mol. The van der Waals surface area contributed by atoms with Crippen molar-refractivity contribution in [3.8, 4) is 10.7 Å². The molecule has 1 aliphatic carbocycles.